The van der Waals surface area contributed by atoms with Crippen LogP contribution in [0.3, 0.4) is 0 Å². The quantitative estimate of drug-likeness (QED) is 0.857. The van der Waals surface area contributed by atoms with Crippen LogP contribution in [0.1, 0.15) is 39.6 Å². The van der Waals surface area contributed by atoms with Gasteiger partial charge < -0.3 is 4.90 Å². The van der Waals surface area contributed by atoms with Crippen LogP contribution in [0.15, 0.2) is 0 Å². The lowest BCUT2D eigenvalue weighted by Crippen LogP contribution is -2.29. The highest BCUT2D eigenvalue weighted by atomic mass is 16.2. The molecule has 108 valence electrons. The zero-order valence-corrected chi connectivity index (χ0v) is 12.3. The van der Waals surface area contributed by atoms with Crippen molar-refractivity contribution in [1.82, 2.24) is 30.5 Å². The van der Waals surface area contributed by atoms with E-state index < -0.39 is 0 Å². The van der Waals surface area contributed by atoms with Crippen molar-refractivity contribution in [3.8, 4) is 0 Å². The summed E-state index contributed by atoms with van der Waals surface area (Å²) in [6.45, 7) is 6.45. The number of carbonyl (C=O) groups excluding carboxylic acids is 1. The fourth-order valence-corrected chi connectivity index (χ4v) is 2.20. The van der Waals surface area contributed by atoms with Gasteiger partial charge in [0, 0.05) is 19.3 Å². The Kier molecular flexibility index (Phi) is 4.16. The van der Waals surface area contributed by atoms with E-state index in [1.807, 2.05) is 13.8 Å². The average Bonchev–Trinajstić information content (AvgIpc) is 2.97. The number of aryl methyl sites for hydroxylation is 3. The number of aromatic amines is 2. The van der Waals surface area contributed by atoms with Gasteiger partial charge >= 0.3 is 0 Å². The summed E-state index contributed by atoms with van der Waals surface area (Å²) in [7, 11) is 1.78. The Labute approximate surface area is 117 Å². The number of H-pyrrole nitrogens is 2. The van der Waals surface area contributed by atoms with Gasteiger partial charge in [0.15, 0.2) is 5.69 Å². The number of hydrogen-bond acceptors (Lipinski definition) is 4. The Hall–Kier alpha value is -2.18. The van der Waals surface area contributed by atoms with E-state index in [9.17, 15) is 4.79 Å². The Balaban J connectivity index is 1.88. The van der Waals surface area contributed by atoms with Crippen LogP contribution in [-0.4, -0.2) is 50.0 Å². The Bertz CT molecular complexity index is 580. The van der Waals surface area contributed by atoms with E-state index in [1.54, 1.807) is 18.9 Å². The summed E-state index contributed by atoms with van der Waals surface area (Å²) in [4.78, 5) is 13.8. The second-order valence-electron chi connectivity index (χ2n) is 5.00. The van der Waals surface area contributed by atoms with E-state index in [4.69, 9.17) is 0 Å². The molecule has 20 heavy (non-hydrogen) atoms. The predicted molar refractivity (Wildman–Crippen MR) is 74.5 cm³/mol. The number of nitrogens with one attached hydrogen (secondary N) is 2. The fourth-order valence-electron chi connectivity index (χ4n) is 2.20. The van der Waals surface area contributed by atoms with Crippen LogP contribution >= 0.6 is 0 Å². The van der Waals surface area contributed by atoms with Crippen LogP contribution in [0.4, 0.5) is 0 Å². The first-order valence-electron chi connectivity index (χ1n) is 6.64. The van der Waals surface area contributed by atoms with E-state index in [0.717, 1.165) is 24.2 Å². The lowest BCUT2D eigenvalue weighted by molar-refractivity contribution is 0.0787. The molecule has 0 aliphatic rings. The van der Waals surface area contributed by atoms with Gasteiger partial charge in [-0.05, 0) is 39.2 Å². The van der Waals surface area contributed by atoms with Gasteiger partial charge in [-0.15, -0.1) is 0 Å². The van der Waals surface area contributed by atoms with Crippen molar-refractivity contribution in [2.75, 3.05) is 13.6 Å². The minimum Gasteiger partial charge on any atom is -0.340 e. The highest BCUT2D eigenvalue weighted by molar-refractivity contribution is 5.92. The van der Waals surface area contributed by atoms with Crippen molar-refractivity contribution in [2.45, 2.75) is 33.6 Å². The lowest BCUT2D eigenvalue weighted by atomic mass is 10.1. The second-order valence-corrected chi connectivity index (χ2v) is 5.00. The largest absolute Gasteiger partial charge is 0.340 e. The van der Waals surface area contributed by atoms with Gasteiger partial charge in [-0.1, -0.05) is 0 Å². The van der Waals surface area contributed by atoms with Gasteiger partial charge in [0.2, 0.25) is 0 Å². The van der Waals surface area contributed by atoms with Crippen LogP contribution in [0, 0.1) is 20.8 Å². The molecular formula is C13H20N6O. The van der Waals surface area contributed by atoms with Crippen LogP contribution in [0.25, 0.3) is 0 Å². The zero-order valence-electron chi connectivity index (χ0n) is 12.3. The van der Waals surface area contributed by atoms with Crippen molar-refractivity contribution in [1.29, 1.82) is 0 Å². The molecule has 2 aromatic heterocycles. The maximum atomic E-state index is 12.1. The first kappa shape index (κ1) is 14.2. The van der Waals surface area contributed by atoms with Gasteiger partial charge in [0.25, 0.3) is 5.91 Å². The fraction of sp³-hybridized carbons (Fsp3) is 0.538. The van der Waals surface area contributed by atoms with Crippen molar-refractivity contribution in [2.24, 2.45) is 0 Å². The first-order chi connectivity index (χ1) is 9.50. The molecule has 0 aliphatic heterocycles. The molecular weight excluding hydrogens is 256 g/mol. The van der Waals surface area contributed by atoms with Crippen molar-refractivity contribution in [3.63, 3.8) is 0 Å². The summed E-state index contributed by atoms with van der Waals surface area (Å²) in [6.07, 6.45) is 1.80. The van der Waals surface area contributed by atoms with Gasteiger partial charge in [-0.3, -0.25) is 9.89 Å². The molecule has 1 amide bonds. The molecule has 7 heteroatoms. The molecule has 0 bridgehead atoms. The standard InChI is InChI=1S/C13H20N6O/c1-8-11(9(2)15-14-8)6-5-7-19(4)13(20)12-10(3)16-18-17-12/h5-7H2,1-4H3,(H,14,15)(H,16,17,18). The third-order valence-electron chi connectivity index (χ3n) is 3.47. The molecule has 2 rings (SSSR count). The maximum Gasteiger partial charge on any atom is 0.276 e. The third-order valence-corrected chi connectivity index (χ3v) is 3.47. The molecule has 2 heterocycles. The van der Waals surface area contributed by atoms with Crippen molar-refractivity contribution < 1.29 is 4.79 Å². The molecule has 0 unspecified atom stereocenters. The molecule has 2 aromatic rings. The number of aromatic nitrogens is 5. The normalized spacial score (nSPS) is 10.8. The van der Waals surface area contributed by atoms with Crippen molar-refractivity contribution in [3.05, 3.63) is 28.3 Å². The Morgan fingerprint density at radius 3 is 2.45 bits per heavy atom. The SMILES string of the molecule is Cc1n[nH]nc1C(=O)N(C)CCCc1c(C)n[nH]c1C. The second kappa shape index (κ2) is 5.85. The van der Waals surface area contributed by atoms with Crippen LogP contribution in [0.2, 0.25) is 0 Å². The number of carbonyl (C=O) groups is 1. The minimum absolute atomic E-state index is 0.100. The first-order valence-corrected chi connectivity index (χ1v) is 6.64. The minimum atomic E-state index is -0.100. The van der Waals surface area contributed by atoms with Crippen LogP contribution < -0.4 is 0 Å². The third kappa shape index (κ3) is 2.87. The van der Waals surface area contributed by atoms with Gasteiger partial charge in [-0.25, -0.2) is 0 Å². The summed E-state index contributed by atoms with van der Waals surface area (Å²) in [5, 5.41) is 17.4. The monoisotopic (exact) mass is 276 g/mol. The number of nitrogens with zero attached hydrogens (tertiary/aromatic N) is 4. The van der Waals surface area contributed by atoms with Crippen LogP contribution in [-0.2, 0) is 6.42 Å². The van der Waals surface area contributed by atoms with Gasteiger partial charge in [0.1, 0.15) is 0 Å². The summed E-state index contributed by atoms with van der Waals surface area (Å²) < 4.78 is 0. The smallest absolute Gasteiger partial charge is 0.276 e. The summed E-state index contributed by atoms with van der Waals surface area (Å²) >= 11 is 0. The highest BCUT2D eigenvalue weighted by Gasteiger charge is 2.17. The Morgan fingerprint density at radius 1 is 1.15 bits per heavy atom. The molecule has 0 radical (unpaired) electrons. The van der Waals surface area contributed by atoms with E-state index >= 15 is 0 Å². The zero-order chi connectivity index (χ0) is 14.7. The highest BCUT2D eigenvalue weighted by Crippen LogP contribution is 2.12. The number of rotatable bonds is 5. The molecule has 0 aromatic carbocycles. The van der Waals surface area contributed by atoms with E-state index in [1.165, 1.54) is 5.56 Å². The molecule has 7 nitrogen and oxygen atoms in total. The van der Waals surface area contributed by atoms with E-state index in [-0.39, 0.29) is 5.91 Å². The molecule has 0 saturated heterocycles. The topological polar surface area (TPSA) is 90.6 Å². The maximum absolute atomic E-state index is 12.1. The predicted octanol–water partition coefficient (Wildman–Crippen LogP) is 1.16. The van der Waals surface area contributed by atoms with Crippen LogP contribution in [0.5, 0.6) is 0 Å². The van der Waals surface area contributed by atoms with Crippen molar-refractivity contribution >= 4 is 5.91 Å². The molecule has 0 saturated carbocycles. The number of amides is 1. The average molecular weight is 276 g/mol. The van der Waals surface area contributed by atoms with E-state index in [2.05, 4.69) is 25.6 Å². The Morgan fingerprint density at radius 2 is 1.90 bits per heavy atom. The van der Waals surface area contributed by atoms with E-state index in [0.29, 0.717) is 17.9 Å². The summed E-state index contributed by atoms with van der Waals surface area (Å²) in [6, 6.07) is 0. The summed E-state index contributed by atoms with van der Waals surface area (Å²) in [5.41, 5.74) is 4.39. The lowest BCUT2D eigenvalue weighted by Gasteiger charge is -2.15. The molecule has 2 N–H and O–H groups in total. The molecule has 0 fully saturated rings. The summed E-state index contributed by atoms with van der Waals surface area (Å²) in [5.74, 6) is -0.100. The number of hydrogen-bond donors (Lipinski definition) is 2. The molecule has 0 aliphatic carbocycles. The van der Waals surface area contributed by atoms with Gasteiger partial charge in [0.05, 0.1) is 11.4 Å². The molecule has 0 atom stereocenters. The molecule has 0 spiro atoms. The van der Waals surface area contributed by atoms with Gasteiger partial charge in [-0.2, -0.15) is 20.5 Å².